The van der Waals surface area contributed by atoms with E-state index in [1.807, 2.05) is 27.7 Å². The predicted octanol–water partition coefficient (Wildman–Crippen LogP) is 4.02. The fraction of sp³-hybridized carbons (Fsp3) is 0.350. The van der Waals surface area contributed by atoms with Crippen molar-refractivity contribution in [3.8, 4) is 5.75 Å². The first-order valence-corrected chi connectivity index (χ1v) is 8.08. The normalized spacial score (nSPS) is 14.6. The summed E-state index contributed by atoms with van der Waals surface area (Å²) in [5.74, 6) is 0.575. The van der Waals surface area contributed by atoms with E-state index in [1.165, 1.54) is 0 Å². The molecule has 0 unspecified atom stereocenters. The largest absolute Gasteiger partial charge is 0.497 e. The summed E-state index contributed by atoms with van der Waals surface area (Å²) in [5.41, 5.74) is 2.41. The van der Waals surface area contributed by atoms with Gasteiger partial charge in [0.25, 0.3) is 5.91 Å². The molecule has 24 heavy (non-hydrogen) atoms. The first-order valence-electron chi connectivity index (χ1n) is 8.08. The number of rotatable bonds is 4. The first-order chi connectivity index (χ1) is 11.3. The van der Waals surface area contributed by atoms with E-state index < -0.39 is 0 Å². The number of allylic oxidation sites excluding steroid dienone is 4. The highest BCUT2D eigenvalue weighted by Crippen LogP contribution is 2.25. The minimum atomic E-state index is -0.333. The lowest BCUT2D eigenvalue weighted by Gasteiger charge is -2.19. The monoisotopic (exact) mass is 325 g/mol. The van der Waals surface area contributed by atoms with E-state index in [2.05, 4.69) is 4.99 Å². The van der Waals surface area contributed by atoms with E-state index in [4.69, 9.17) is 4.74 Å². The number of nitrogens with zero attached hydrogens (tertiary/aromatic N) is 1. The molecule has 0 aliphatic heterocycles. The zero-order chi connectivity index (χ0) is 17.9. The second-order valence-electron chi connectivity index (χ2n) is 6.41. The van der Waals surface area contributed by atoms with Crippen LogP contribution in [0.1, 0.15) is 38.1 Å². The van der Waals surface area contributed by atoms with Gasteiger partial charge in [-0.2, -0.15) is 0 Å². The Morgan fingerprint density at radius 2 is 1.46 bits per heavy atom. The SMILES string of the molecule is COc1ccc(C(=O)N=C2C=C(C(C)C)C(=O)C(C(C)C)=C2)cc1. The Balaban J connectivity index is 2.37. The second-order valence-corrected chi connectivity index (χ2v) is 6.41. The third-order valence-corrected chi connectivity index (χ3v) is 3.94. The van der Waals surface area contributed by atoms with Gasteiger partial charge in [0.1, 0.15) is 5.75 Å². The Hall–Kier alpha value is -2.49. The van der Waals surface area contributed by atoms with Gasteiger partial charge in [-0.15, -0.1) is 0 Å². The quantitative estimate of drug-likeness (QED) is 0.786. The molecule has 2 rings (SSSR count). The number of hydrogen-bond donors (Lipinski definition) is 0. The van der Waals surface area contributed by atoms with E-state index in [-0.39, 0.29) is 23.5 Å². The summed E-state index contributed by atoms with van der Waals surface area (Å²) in [7, 11) is 1.58. The van der Waals surface area contributed by atoms with Crippen molar-refractivity contribution in [2.75, 3.05) is 7.11 Å². The maximum Gasteiger partial charge on any atom is 0.277 e. The maximum absolute atomic E-state index is 12.5. The summed E-state index contributed by atoms with van der Waals surface area (Å²) in [6.07, 6.45) is 3.45. The van der Waals surface area contributed by atoms with Gasteiger partial charge in [-0.25, -0.2) is 4.99 Å². The summed E-state index contributed by atoms with van der Waals surface area (Å²) >= 11 is 0. The van der Waals surface area contributed by atoms with E-state index in [9.17, 15) is 9.59 Å². The molecule has 0 aromatic heterocycles. The maximum atomic E-state index is 12.5. The zero-order valence-electron chi connectivity index (χ0n) is 14.8. The van der Waals surface area contributed by atoms with Gasteiger partial charge >= 0.3 is 0 Å². The molecule has 0 bridgehead atoms. The number of hydrogen-bond acceptors (Lipinski definition) is 3. The van der Waals surface area contributed by atoms with Crippen molar-refractivity contribution in [1.29, 1.82) is 0 Å². The van der Waals surface area contributed by atoms with Crippen molar-refractivity contribution in [1.82, 2.24) is 0 Å². The van der Waals surface area contributed by atoms with Crippen LogP contribution in [0, 0.1) is 11.8 Å². The standard InChI is InChI=1S/C20H23NO3/c1-12(2)17-10-15(11-18(13(3)4)19(17)22)21-20(23)14-6-8-16(24-5)9-7-14/h6-13H,1-5H3. The molecule has 1 amide bonds. The van der Waals surface area contributed by atoms with Gasteiger partial charge in [0.05, 0.1) is 12.8 Å². The molecule has 0 fully saturated rings. The molecule has 0 atom stereocenters. The molecule has 126 valence electrons. The van der Waals surface area contributed by atoms with E-state index in [0.29, 0.717) is 28.2 Å². The molecular weight excluding hydrogens is 302 g/mol. The topological polar surface area (TPSA) is 55.7 Å². The van der Waals surface area contributed by atoms with Crippen molar-refractivity contribution in [2.45, 2.75) is 27.7 Å². The van der Waals surface area contributed by atoms with Gasteiger partial charge in [-0.3, -0.25) is 9.59 Å². The zero-order valence-corrected chi connectivity index (χ0v) is 14.8. The third kappa shape index (κ3) is 3.88. The lowest BCUT2D eigenvalue weighted by Crippen LogP contribution is -2.21. The molecule has 1 aromatic rings. The minimum Gasteiger partial charge on any atom is -0.497 e. The molecular formula is C20H23NO3. The van der Waals surface area contributed by atoms with Crippen LogP contribution >= 0.6 is 0 Å². The molecule has 0 heterocycles. The lowest BCUT2D eigenvalue weighted by atomic mass is 9.84. The molecule has 0 saturated heterocycles. The Labute approximate surface area is 142 Å². The van der Waals surface area contributed by atoms with Crippen LogP contribution in [0.4, 0.5) is 0 Å². The molecule has 4 heteroatoms. The number of carbonyl (C=O) groups is 2. The Kier molecular flexibility index (Phi) is 5.50. The van der Waals surface area contributed by atoms with Gasteiger partial charge in [-0.1, -0.05) is 27.7 Å². The Morgan fingerprint density at radius 1 is 0.958 bits per heavy atom. The molecule has 1 aromatic carbocycles. The van der Waals surface area contributed by atoms with Crippen LogP contribution < -0.4 is 4.74 Å². The number of aliphatic imine (C=N–C) groups is 1. The van der Waals surface area contributed by atoms with Gasteiger partial charge in [0, 0.05) is 16.7 Å². The van der Waals surface area contributed by atoms with Crippen LogP contribution in [0.2, 0.25) is 0 Å². The number of benzene rings is 1. The fourth-order valence-corrected chi connectivity index (χ4v) is 2.50. The summed E-state index contributed by atoms with van der Waals surface area (Å²) in [6.45, 7) is 7.87. The van der Waals surface area contributed by atoms with Gasteiger partial charge in [0.2, 0.25) is 0 Å². The molecule has 1 aliphatic rings. The second kappa shape index (κ2) is 7.39. The lowest BCUT2D eigenvalue weighted by molar-refractivity contribution is -0.113. The number of ether oxygens (including phenoxy) is 1. The molecule has 0 saturated carbocycles. The third-order valence-electron chi connectivity index (χ3n) is 3.94. The summed E-state index contributed by atoms with van der Waals surface area (Å²) < 4.78 is 5.09. The molecule has 1 aliphatic carbocycles. The van der Waals surface area contributed by atoms with E-state index in [1.54, 1.807) is 43.5 Å². The van der Waals surface area contributed by atoms with Crippen LogP contribution in [-0.2, 0) is 4.79 Å². The van der Waals surface area contributed by atoms with Gasteiger partial charge < -0.3 is 4.74 Å². The van der Waals surface area contributed by atoms with Crippen molar-refractivity contribution in [3.63, 3.8) is 0 Å². The highest BCUT2D eigenvalue weighted by atomic mass is 16.5. The van der Waals surface area contributed by atoms with Gasteiger partial charge in [-0.05, 0) is 48.3 Å². The number of carbonyl (C=O) groups excluding carboxylic acids is 2. The Morgan fingerprint density at radius 3 is 1.88 bits per heavy atom. The van der Waals surface area contributed by atoms with Crippen molar-refractivity contribution in [2.24, 2.45) is 16.8 Å². The molecule has 4 nitrogen and oxygen atoms in total. The van der Waals surface area contributed by atoms with E-state index in [0.717, 1.165) is 0 Å². The molecule has 0 N–H and O–H groups in total. The highest BCUT2D eigenvalue weighted by Gasteiger charge is 2.25. The van der Waals surface area contributed by atoms with Crippen LogP contribution in [0.25, 0.3) is 0 Å². The first kappa shape index (κ1) is 17.9. The fourth-order valence-electron chi connectivity index (χ4n) is 2.50. The van der Waals surface area contributed by atoms with Crippen LogP contribution in [0.3, 0.4) is 0 Å². The van der Waals surface area contributed by atoms with Crippen LogP contribution in [0.5, 0.6) is 5.75 Å². The number of Topliss-reactive ketones (excluding diaryl/α,β-unsaturated/α-hetero) is 1. The average molecular weight is 325 g/mol. The highest BCUT2D eigenvalue weighted by molar-refractivity contribution is 6.24. The predicted molar refractivity (Wildman–Crippen MR) is 95.6 cm³/mol. The van der Waals surface area contributed by atoms with Crippen molar-refractivity contribution >= 4 is 17.4 Å². The number of amides is 1. The number of ketones is 1. The van der Waals surface area contributed by atoms with Crippen molar-refractivity contribution in [3.05, 3.63) is 53.1 Å². The smallest absolute Gasteiger partial charge is 0.277 e. The summed E-state index contributed by atoms with van der Waals surface area (Å²) in [5, 5.41) is 0. The van der Waals surface area contributed by atoms with Crippen LogP contribution in [0.15, 0.2) is 52.6 Å². The van der Waals surface area contributed by atoms with Crippen molar-refractivity contribution < 1.29 is 14.3 Å². The molecule has 0 radical (unpaired) electrons. The molecule has 0 spiro atoms. The van der Waals surface area contributed by atoms with Gasteiger partial charge in [0.15, 0.2) is 5.78 Å². The summed E-state index contributed by atoms with van der Waals surface area (Å²) in [6, 6.07) is 6.81. The van der Waals surface area contributed by atoms with E-state index >= 15 is 0 Å². The number of methoxy groups -OCH3 is 1. The summed E-state index contributed by atoms with van der Waals surface area (Å²) in [4.78, 5) is 29.1. The minimum absolute atomic E-state index is 0.0517. The Bertz CT molecular complexity index is 705. The van der Waals surface area contributed by atoms with Crippen LogP contribution in [-0.4, -0.2) is 24.5 Å². The average Bonchev–Trinajstić information content (AvgIpc) is 2.55.